The lowest BCUT2D eigenvalue weighted by molar-refractivity contribution is -0.122. The van der Waals surface area contributed by atoms with Crippen LogP contribution >= 0.6 is 0 Å². The molecule has 1 aromatic heterocycles. The highest BCUT2D eigenvalue weighted by atomic mass is 16.2. The highest BCUT2D eigenvalue weighted by molar-refractivity contribution is 5.89. The predicted molar refractivity (Wildman–Crippen MR) is 123 cm³/mol. The van der Waals surface area contributed by atoms with Crippen LogP contribution in [0.15, 0.2) is 36.5 Å². The van der Waals surface area contributed by atoms with Crippen molar-refractivity contribution in [2.45, 2.75) is 32.6 Å². The summed E-state index contributed by atoms with van der Waals surface area (Å²) in [6.07, 6.45) is 6.64. The summed E-state index contributed by atoms with van der Waals surface area (Å²) in [6, 6.07) is 10.2. The number of likely N-dealkylation sites (tertiary alicyclic amines) is 1. The van der Waals surface area contributed by atoms with Gasteiger partial charge in [-0.2, -0.15) is 0 Å². The molecule has 0 aliphatic carbocycles. The van der Waals surface area contributed by atoms with Gasteiger partial charge in [0.05, 0.1) is 11.4 Å². The Bertz CT molecular complexity index is 811. The molecule has 2 aliphatic heterocycles. The molecule has 6 heteroatoms. The minimum atomic E-state index is 0.0748. The lowest BCUT2D eigenvalue weighted by Gasteiger charge is -2.37. The SMILES string of the molecule is CCCCN1CCN(CCN2CCCC(C(=O)Nn3ccc4ccccc43)C2)CC1. The number of rotatable bonds is 8. The van der Waals surface area contributed by atoms with Crippen molar-refractivity contribution in [3.05, 3.63) is 36.5 Å². The first-order valence-electron chi connectivity index (χ1n) is 11.8. The summed E-state index contributed by atoms with van der Waals surface area (Å²) in [6.45, 7) is 12.5. The number of aromatic nitrogens is 1. The van der Waals surface area contributed by atoms with Crippen LogP contribution in [0.5, 0.6) is 0 Å². The maximum atomic E-state index is 12.9. The minimum absolute atomic E-state index is 0.0748. The molecule has 1 amide bonds. The summed E-state index contributed by atoms with van der Waals surface area (Å²) in [5.41, 5.74) is 4.17. The third-order valence-electron chi connectivity index (χ3n) is 6.73. The van der Waals surface area contributed by atoms with Crippen LogP contribution < -0.4 is 5.43 Å². The normalized spacial score (nSPS) is 21.8. The van der Waals surface area contributed by atoms with Crippen molar-refractivity contribution in [2.24, 2.45) is 5.92 Å². The van der Waals surface area contributed by atoms with Gasteiger partial charge in [-0.3, -0.25) is 19.8 Å². The molecule has 0 bridgehead atoms. The highest BCUT2D eigenvalue weighted by Crippen LogP contribution is 2.19. The molecule has 1 N–H and O–H groups in total. The summed E-state index contributed by atoms with van der Waals surface area (Å²) >= 11 is 0. The third kappa shape index (κ3) is 5.42. The van der Waals surface area contributed by atoms with Crippen LogP contribution in [0, 0.1) is 5.92 Å². The Kier molecular flexibility index (Phi) is 7.42. The van der Waals surface area contributed by atoms with Gasteiger partial charge in [-0.1, -0.05) is 31.5 Å². The van der Waals surface area contributed by atoms with Crippen LogP contribution in [0.25, 0.3) is 10.9 Å². The van der Waals surface area contributed by atoms with E-state index in [9.17, 15) is 4.79 Å². The van der Waals surface area contributed by atoms with Crippen molar-refractivity contribution >= 4 is 16.8 Å². The number of para-hydroxylation sites is 1. The van der Waals surface area contributed by atoms with E-state index in [0.717, 1.165) is 49.9 Å². The Labute approximate surface area is 180 Å². The Morgan fingerprint density at radius 3 is 2.50 bits per heavy atom. The van der Waals surface area contributed by atoms with E-state index >= 15 is 0 Å². The molecule has 0 radical (unpaired) electrons. The van der Waals surface area contributed by atoms with E-state index in [0.29, 0.717) is 0 Å². The molecule has 4 rings (SSSR count). The minimum Gasteiger partial charge on any atom is -0.301 e. The average molecular weight is 412 g/mol. The predicted octanol–water partition coefficient (Wildman–Crippen LogP) is 2.84. The molecule has 6 nitrogen and oxygen atoms in total. The molecule has 0 spiro atoms. The van der Waals surface area contributed by atoms with E-state index in [-0.39, 0.29) is 11.8 Å². The number of carbonyl (C=O) groups excluding carboxylic acids is 1. The Morgan fingerprint density at radius 1 is 0.967 bits per heavy atom. The molecule has 2 saturated heterocycles. The summed E-state index contributed by atoms with van der Waals surface area (Å²) in [4.78, 5) is 20.6. The topological polar surface area (TPSA) is 43.8 Å². The fourth-order valence-electron chi connectivity index (χ4n) is 4.76. The zero-order chi connectivity index (χ0) is 20.8. The number of benzene rings is 1. The van der Waals surface area contributed by atoms with Gasteiger partial charge in [-0.15, -0.1) is 0 Å². The van der Waals surface area contributed by atoms with Gasteiger partial charge in [0.25, 0.3) is 0 Å². The standard InChI is InChI=1S/C24H37N5O/c1-2-3-11-26-14-16-27(17-15-26)18-19-28-12-6-8-22(20-28)24(30)25-29-13-10-21-7-4-5-9-23(21)29/h4-5,7,9-10,13,22H,2-3,6,8,11-12,14-20H2,1H3,(H,25,30). The molecule has 2 aliphatic rings. The number of piperazine rings is 1. The lowest BCUT2D eigenvalue weighted by atomic mass is 9.97. The van der Waals surface area contributed by atoms with Gasteiger partial charge in [0.15, 0.2) is 0 Å². The molecule has 1 aromatic carbocycles. The first-order valence-corrected chi connectivity index (χ1v) is 11.8. The van der Waals surface area contributed by atoms with Gasteiger partial charge in [-0.05, 0) is 44.5 Å². The van der Waals surface area contributed by atoms with Crippen molar-refractivity contribution in [1.29, 1.82) is 0 Å². The molecule has 164 valence electrons. The quantitative estimate of drug-likeness (QED) is 0.726. The summed E-state index contributed by atoms with van der Waals surface area (Å²) in [5.74, 6) is 0.219. The Hall–Kier alpha value is -1.89. The van der Waals surface area contributed by atoms with Crippen LogP contribution in [-0.2, 0) is 4.79 Å². The fourth-order valence-corrected chi connectivity index (χ4v) is 4.76. The molecule has 1 unspecified atom stereocenters. The molecule has 30 heavy (non-hydrogen) atoms. The average Bonchev–Trinajstić information content (AvgIpc) is 3.20. The third-order valence-corrected chi connectivity index (χ3v) is 6.73. The first-order chi connectivity index (χ1) is 14.7. The molecular formula is C24H37N5O. The molecular weight excluding hydrogens is 374 g/mol. The monoisotopic (exact) mass is 411 g/mol. The first kappa shape index (κ1) is 21.3. The van der Waals surface area contributed by atoms with Crippen molar-refractivity contribution in [1.82, 2.24) is 19.4 Å². The number of hydrogen-bond donors (Lipinski definition) is 1. The van der Waals surface area contributed by atoms with Gasteiger partial charge >= 0.3 is 0 Å². The lowest BCUT2D eigenvalue weighted by Crippen LogP contribution is -2.50. The van der Waals surface area contributed by atoms with Gasteiger partial charge < -0.3 is 9.80 Å². The summed E-state index contributed by atoms with van der Waals surface area (Å²) in [5, 5.41) is 1.15. The van der Waals surface area contributed by atoms with E-state index in [1.54, 1.807) is 0 Å². The van der Waals surface area contributed by atoms with Crippen LogP contribution in [0.2, 0.25) is 0 Å². The molecule has 2 fully saturated rings. The van der Waals surface area contributed by atoms with Crippen molar-refractivity contribution in [3.63, 3.8) is 0 Å². The van der Waals surface area contributed by atoms with E-state index in [2.05, 4.69) is 33.1 Å². The summed E-state index contributed by atoms with van der Waals surface area (Å²) in [7, 11) is 0. The van der Waals surface area contributed by atoms with Crippen LogP contribution in [0.4, 0.5) is 0 Å². The number of amides is 1. The number of hydrogen-bond acceptors (Lipinski definition) is 4. The van der Waals surface area contributed by atoms with Crippen molar-refractivity contribution in [3.8, 4) is 0 Å². The van der Waals surface area contributed by atoms with Gasteiger partial charge in [0.1, 0.15) is 0 Å². The maximum Gasteiger partial charge on any atom is 0.243 e. The zero-order valence-corrected chi connectivity index (χ0v) is 18.4. The smallest absolute Gasteiger partial charge is 0.243 e. The Morgan fingerprint density at radius 2 is 1.70 bits per heavy atom. The fraction of sp³-hybridized carbons (Fsp3) is 0.625. The molecule has 0 saturated carbocycles. The van der Waals surface area contributed by atoms with E-state index < -0.39 is 0 Å². The molecule has 1 atom stereocenters. The van der Waals surface area contributed by atoms with Crippen LogP contribution in [0.1, 0.15) is 32.6 Å². The second kappa shape index (κ2) is 10.4. The van der Waals surface area contributed by atoms with Crippen molar-refractivity contribution < 1.29 is 4.79 Å². The Balaban J connectivity index is 1.22. The summed E-state index contributed by atoms with van der Waals surface area (Å²) < 4.78 is 1.87. The molecule has 3 heterocycles. The number of carbonyl (C=O) groups is 1. The van der Waals surface area contributed by atoms with Crippen LogP contribution in [-0.4, -0.2) is 84.2 Å². The number of unbranched alkanes of at least 4 members (excludes halogenated alkanes) is 1. The number of nitrogens with zero attached hydrogens (tertiary/aromatic N) is 4. The van der Waals surface area contributed by atoms with Crippen LogP contribution in [0.3, 0.4) is 0 Å². The van der Waals surface area contributed by atoms with E-state index in [1.807, 2.05) is 35.1 Å². The van der Waals surface area contributed by atoms with E-state index in [1.165, 1.54) is 45.6 Å². The second-order valence-corrected chi connectivity index (χ2v) is 8.90. The number of piperidine rings is 1. The molecule has 2 aromatic rings. The van der Waals surface area contributed by atoms with Crippen molar-refractivity contribution in [2.75, 3.05) is 64.3 Å². The number of nitrogens with one attached hydrogen (secondary N) is 1. The highest BCUT2D eigenvalue weighted by Gasteiger charge is 2.26. The van der Waals surface area contributed by atoms with E-state index in [4.69, 9.17) is 0 Å². The second-order valence-electron chi connectivity index (χ2n) is 8.90. The maximum absolute atomic E-state index is 12.9. The zero-order valence-electron chi connectivity index (χ0n) is 18.4. The largest absolute Gasteiger partial charge is 0.301 e. The van der Waals surface area contributed by atoms with Gasteiger partial charge in [0.2, 0.25) is 5.91 Å². The number of fused-ring (bicyclic) bond motifs is 1. The van der Waals surface area contributed by atoms with Gasteiger partial charge in [0, 0.05) is 57.4 Å². The van der Waals surface area contributed by atoms with Gasteiger partial charge in [-0.25, -0.2) is 0 Å².